The molecule has 21 heavy (non-hydrogen) atoms. The first-order valence-electron chi connectivity index (χ1n) is 7.35. The van der Waals surface area contributed by atoms with Crippen LogP contribution in [0, 0.1) is 5.92 Å². The maximum atomic E-state index is 12.1. The lowest BCUT2D eigenvalue weighted by Crippen LogP contribution is -2.39. The van der Waals surface area contributed by atoms with E-state index in [-0.39, 0.29) is 6.03 Å². The smallest absolute Gasteiger partial charge is 0.322 e. The number of piperidine rings is 1. The second-order valence-corrected chi connectivity index (χ2v) is 5.49. The zero-order chi connectivity index (χ0) is 15.1. The number of hydrogen-bond donors (Lipinski definition) is 2. The van der Waals surface area contributed by atoms with Crippen LogP contribution in [0.25, 0.3) is 0 Å². The van der Waals surface area contributed by atoms with Crippen molar-refractivity contribution in [3.05, 3.63) is 23.9 Å². The number of aromatic nitrogens is 1. The first kappa shape index (κ1) is 15.7. The van der Waals surface area contributed by atoms with E-state index in [0.717, 1.165) is 38.0 Å². The second-order valence-electron chi connectivity index (χ2n) is 5.49. The zero-order valence-corrected chi connectivity index (χ0v) is 12.8. The lowest BCUT2D eigenvalue weighted by atomic mass is 9.98. The summed E-state index contributed by atoms with van der Waals surface area (Å²) in [5, 5.41) is 6.15. The molecule has 0 spiro atoms. The molecule has 1 aliphatic heterocycles. The van der Waals surface area contributed by atoms with Crippen molar-refractivity contribution in [2.75, 3.05) is 39.1 Å². The SMILES string of the molecule is COCc1ccc(NC(=O)N(C)CC2CCNCC2)nc1. The summed E-state index contributed by atoms with van der Waals surface area (Å²) in [5.41, 5.74) is 0.985. The van der Waals surface area contributed by atoms with Crippen molar-refractivity contribution in [3.8, 4) is 0 Å². The van der Waals surface area contributed by atoms with E-state index in [2.05, 4.69) is 15.6 Å². The summed E-state index contributed by atoms with van der Waals surface area (Å²) in [4.78, 5) is 18.1. The van der Waals surface area contributed by atoms with Gasteiger partial charge in [-0.05, 0) is 43.5 Å². The molecular formula is C15H24N4O2. The van der Waals surface area contributed by atoms with Crippen LogP contribution in [0.1, 0.15) is 18.4 Å². The molecule has 1 aliphatic rings. The van der Waals surface area contributed by atoms with E-state index < -0.39 is 0 Å². The van der Waals surface area contributed by atoms with Crippen LogP contribution in [-0.2, 0) is 11.3 Å². The Morgan fingerprint density at radius 2 is 2.24 bits per heavy atom. The summed E-state index contributed by atoms with van der Waals surface area (Å²) in [5.74, 6) is 1.15. The summed E-state index contributed by atoms with van der Waals surface area (Å²) in [7, 11) is 3.47. The molecule has 2 heterocycles. The zero-order valence-electron chi connectivity index (χ0n) is 12.8. The van der Waals surface area contributed by atoms with E-state index >= 15 is 0 Å². The van der Waals surface area contributed by atoms with Crippen molar-refractivity contribution in [3.63, 3.8) is 0 Å². The summed E-state index contributed by atoms with van der Waals surface area (Å²) < 4.78 is 5.03. The van der Waals surface area contributed by atoms with E-state index in [1.807, 2.05) is 13.1 Å². The van der Waals surface area contributed by atoms with Gasteiger partial charge in [0.1, 0.15) is 5.82 Å². The van der Waals surface area contributed by atoms with Gasteiger partial charge in [0, 0.05) is 26.9 Å². The number of ether oxygens (including phenoxy) is 1. The number of pyridine rings is 1. The van der Waals surface area contributed by atoms with Crippen molar-refractivity contribution in [2.24, 2.45) is 5.92 Å². The minimum atomic E-state index is -0.111. The molecule has 0 unspecified atom stereocenters. The van der Waals surface area contributed by atoms with Gasteiger partial charge in [0.25, 0.3) is 0 Å². The number of carbonyl (C=O) groups excluding carboxylic acids is 1. The average Bonchev–Trinajstić information content (AvgIpc) is 2.50. The molecule has 6 heteroatoms. The molecule has 2 N–H and O–H groups in total. The summed E-state index contributed by atoms with van der Waals surface area (Å²) in [6.45, 7) is 3.40. The predicted octanol–water partition coefficient (Wildman–Crippen LogP) is 1.69. The molecule has 116 valence electrons. The Morgan fingerprint density at radius 3 is 2.86 bits per heavy atom. The van der Waals surface area contributed by atoms with Crippen LogP contribution < -0.4 is 10.6 Å². The molecule has 2 amide bonds. The second kappa shape index (κ2) is 7.95. The molecule has 1 aromatic heterocycles. The number of nitrogens with one attached hydrogen (secondary N) is 2. The van der Waals surface area contributed by atoms with Gasteiger partial charge in [-0.1, -0.05) is 6.07 Å². The summed E-state index contributed by atoms with van der Waals surface area (Å²) >= 11 is 0. The molecule has 0 radical (unpaired) electrons. The fourth-order valence-corrected chi connectivity index (χ4v) is 2.49. The van der Waals surface area contributed by atoms with Gasteiger partial charge in [-0.2, -0.15) is 0 Å². The van der Waals surface area contributed by atoms with Gasteiger partial charge in [0.2, 0.25) is 0 Å². The van der Waals surface area contributed by atoms with Crippen LogP contribution in [0.4, 0.5) is 10.6 Å². The molecule has 1 aromatic rings. The van der Waals surface area contributed by atoms with Crippen molar-refractivity contribution in [1.82, 2.24) is 15.2 Å². The highest BCUT2D eigenvalue weighted by atomic mass is 16.5. The Labute approximate surface area is 125 Å². The fourth-order valence-electron chi connectivity index (χ4n) is 2.49. The number of anilines is 1. The Kier molecular flexibility index (Phi) is 5.95. The van der Waals surface area contributed by atoms with Crippen LogP contribution >= 0.6 is 0 Å². The molecule has 0 aromatic carbocycles. The van der Waals surface area contributed by atoms with E-state index in [4.69, 9.17) is 4.74 Å². The molecule has 6 nitrogen and oxygen atoms in total. The third-order valence-electron chi connectivity index (χ3n) is 3.71. The number of urea groups is 1. The minimum absolute atomic E-state index is 0.111. The predicted molar refractivity (Wildman–Crippen MR) is 82.2 cm³/mol. The lowest BCUT2D eigenvalue weighted by Gasteiger charge is -2.27. The monoisotopic (exact) mass is 292 g/mol. The molecule has 0 atom stereocenters. The molecule has 1 fully saturated rings. The highest BCUT2D eigenvalue weighted by Gasteiger charge is 2.18. The normalized spacial score (nSPS) is 15.7. The van der Waals surface area contributed by atoms with Crippen LogP contribution in [0.15, 0.2) is 18.3 Å². The Bertz CT molecular complexity index is 443. The van der Waals surface area contributed by atoms with Gasteiger partial charge in [0.05, 0.1) is 6.61 Å². The first-order valence-corrected chi connectivity index (χ1v) is 7.35. The van der Waals surface area contributed by atoms with Crippen molar-refractivity contribution < 1.29 is 9.53 Å². The number of rotatable bonds is 5. The highest BCUT2D eigenvalue weighted by Crippen LogP contribution is 2.13. The molecular weight excluding hydrogens is 268 g/mol. The van der Waals surface area contributed by atoms with Crippen molar-refractivity contribution >= 4 is 11.8 Å². The lowest BCUT2D eigenvalue weighted by molar-refractivity contribution is 0.184. The maximum Gasteiger partial charge on any atom is 0.322 e. The number of amides is 2. The third kappa shape index (κ3) is 4.99. The molecule has 1 saturated heterocycles. The Hall–Kier alpha value is -1.66. The van der Waals surface area contributed by atoms with E-state index in [1.54, 1.807) is 24.3 Å². The van der Waals surface area contributed by atoms with Gasteiger partial charge in [-0.25, -0.2) is 9.78 Å². The van der Waals surface area contributed by atoms with Gasteiger partial charge in [-0.3, -0.25) is 5.32 Å². The largest absolute Gasteiger partial charge is 0.380 e. The molecule has 0 saturated carbocycles. The van der Waals surface area contributed by atoms with Gasteiger partial charge >= 0.3 is 6.03 Å². The number of methoxy groups -OCH3 is 1. The van der Waals surface area contributed by atoms with Crippen LogP contribution in [0.5, 0.6) is 0 Å². The number of carbonyl (C=O) groups is 1. The Morgan fingerprint density at radius 1 is 1.48 bits per heavy atom. The van der Waals surface area contributed by atoms with Gasteiger partial charge < -0.3 is 15.0 Å². The fraction of sp³-hybridized carbons (Fsp3) is 0.600. The Balaban J connectivity index is 1.81. The maximum absolute atomic E-state index is 12.1. The summed E-state index contributed by atoms with van der Waals surface area (Å²) in [6, 6.07) is 3.59. The third-order valence-corrected chi connectivity index (χ3v) is 3.71. The van der Waals surface area contributed by atoms with Crippen molar-refractivity contribution in [1.29, 1.82) is 0 Å². The van der Waals surface area contributed by atoms with Crippen molar-refractivity contribution in [2.45, 2.75) is 19.4 Å². The van der Waals surface area contributed by atoms with E-state index in [0.29, 0.717) is 18.3 Å². The quantitative estimate of drug-likeness (QED) is 0.867. The minimum Gasteiger partial charge on any atom is -0.380 e. The van der Waals surface area contributed by atoms with E-state index in [9.17, 15) is 4.79 Å². The molecule has 0 aliphatic carbocycles. The van der Waals surface area contributed by atoms with Gasteiger partial charge in [-0.15, -0.1) is 0 Å². The summed E-state index contributed by atoms with van der Waals surface area (Å²) in [6.07, 6.45) is 3.97. The topological polar surface area (TPSA) is 66.5 Å². The average molecular weight is 292 g/mol. The van der Waals surface area contributed by atoms with Gasteiger partial charge in [0.15, 0.2) is 0 Å². The standard InChI is InChI=1S/C15H24N4O2/c1-19(10-12-5-7-16-8-6-12)15(20)18-14-4-3-13(9-17-14)11-21-2/h3-4,9,12,16H,5-8,10-11H2,1-2H3,(H,17,18,20). The van der Waals surface area contributed by atoms with Crippen LogP contribution in [0.2, 0.25) is 0 Å². The van der Waals surface area contributed by atoms with Crippen LogP contribution in [0.3, 0.4) is 0 Å². The number of nitrogens with zero attached hydrogens (tertiary/aromatic N) is 2. The highest BCUT2D eigenvalue weighted by molar-refractivity contribution is 5.88. The number of hydrogen-bond acceptors (Lipinski definition) is 4. The van der Waals surface area contributed by atoms with Crippen LogP contribution in [-0.4, -0.2) is 49.7 Å². The molecule has 0 bridgehead atoms. The molecule has 2 rings (SSSR count). The van der Waals surface area contributed by atoms with E-state index in [1.165, 1.54) is 0 Å². The first-order chi connectivity index (χ1) is 10.2.